The number of thioether (sulfide) groups is 1. The minimum Gasteiger partial charge on any atom is -0.378 e. The minimum atomic E-state index is -0.149. The Morgan fingerprint density at radius 1 is 1.23 bits per heavy atom. The van der Waals surface area contributed by atoms with E-state index in [1.807, 2.05) is 14.1 Å². The van der Waals surface area contributed by atoms with Crippen LogP contribution in [0, 0.1) is 5.92 Å². The second-order valence-electron chi connectivity index (χ2n) is 8.63. The summed E-state index contributed by atoms with van der Waals surface area (Å²) in [6, 6.07) is 8.38. The molecule has 7 heteroatoms. The van der Waals surface area contributed by atoms with Gasteiger partial charge in [-0.15, -0.1) is 11.8 Å². The van der Waals surface area contributed by atoms with Gasteiger partial charge in [-0.25, -0.2) is 0 Å². The summed E-state index contributed by atoms with van der Waals surface area (Å²) >= 11 is 7.41. The molecule has 1 aromatic rings. The number of amides is 1. The normalized spacial score (nSPS) is 20.5. The highest BCUT2D eigenvalue weighted by atomic mass is 32.2. The quantitative estimate of drug-likeness (QED) is 0.501. The number of hydrogen-bond acceptors (Lipinski definition) is 5. The summed E-state index contributed by atoms with van der Waals surface area (Å²) in [5, 5.41) is 9.75. The first-order valence-electron chi connectivity index (χ1n) is 11.2. The van der Waals surface area contributed by atoms with Gasteiger partial charge in [0.15, 0.2) is 0 Å². The van der Waals surface area contributed by atoms with E-state index in [9.17, 15) is 4.79 Å². The molecule has 166 valence electrons. The molecule has 0 spiro atoms. The van der Waals surface area contributed by atoms with Crippen molar-refractivity contribution in [2.24, 2.45) is 5.92 Å². The summed E-state index contributed by atoms with van der Waals surface area (Å²) in [4.78, 5) is 15.5. The van der Waals surface area contributed by atoms with Gasteiger partial charge in [0, 0.05) is 38.6 Å². The summed E-state index contributed by atoms with van der Waals surface area (Å²) in [6.45, 7) is 1.57. The molecule has 1 aromatic carbocycles. The molecule has 30 heavy (non-hydrogen) atoms. The first-order chi connectivity index (χ1) is 14.5. The van der Waals surface area contributed by atoms with Crippen molar-refractivity contribution in [1.29, 1.82) is 0 Å². The summed E-state index contributed by atoms with van der Waals surface area (Å²) in [5.74, 6) is 1.82. The molecule has 1 aliphatic heterocycles. The smallest absolute Gasteiger partial charge is 0.248 e. The van der Waals surface area contributed by atoms with Crippen molar-refractivity contribution in [2.75, 3.05) is 31.3 Å². The first kappa shape index (κ1) is 23.4. The van der Waals surface area contributed by atoms with Gasteiger partial charge in [0.1, 0.15) is 5.37 Å². The monoisotopic (exact) mass is 448 g/mol. The average Bonchev–Trinajstić information content (AvgIpc) is 3.31. The fraction of sp³-hybridized carbons (Fsp3) is 0.652. The molecule has 2 atom stereocenters. The number of anilines is 1. The van der Waals surface area contributed by atoms with Gasteiger partial charge in [-0.3, -0.25) is 10.1 Å². The van der Waals surface area contributed by atoms with Crippen LogP contribution in [-0.2, 0) is 11.3 Å². The second-order valence-corrected chi connectivity index (χ2v) is 10.3. The fourth-order valence-electron chi connectivity index (χ4n) is 4.21. The van der Waals surface area contributed by atoms with E-state index in [1.165, 1.54) is 43.4 Å². The van der Waals surface area contributed by atoms with Gasteiger partial charge in [0.25, 0.3) is 0 Å². The van der Waals surface area contributed by atoms with E-state index in [0.717, 1.165) is 36.0 Å². The van der Waals surface area contributed by atoms with Gasteiger partial charge in [-0.05, 0) is 36.5 Å². The zero-order chi connectivity index (χ0) is 21.3. The van der Waals surface area contributed by atoms with Crippen molar-refractivity contribution in [2.45, 2.75) is 62.9 Å². The zero-order valence-electron chi connectivity index (χ0n) is 18.3. The van der Waals surface area contributed by atoms with Crippen LogP contribution in [0.1, 0.15) is 50.5 Å². The number of benzene rings is 1. The third-order valence-corrected chi connectivity index (χ3v) is 7.68. The number of carbonyl (C=O) groups excluding carboxylic acids is 1. The highest BCUT2D eigenvalue weighted by Crippen LogP contribution is 2.28. The number of thiocarbonyl (C=S) groups is 1. The van der Waals surface area contributed by atoms with Crippen molar-refractivity contribution in [3.8, 4) is 0 Å². The summed E-state index contributed by atoms with van der Waals surface area (Å²) in [7, 11) is 4.08. The summed E-state index contributed by atoms with van der Waals surface area (Å²) in [5.41, 5.74) is 2.37. The molecule has 3 N–H and O–H groups in total. The van der Waals surface area contributed by atoms with E-state index in [2.05, 4.69) is 45.1 Å². The third-order valence-electron chi connectivity index (χ3n) is 6.10. The number of carbonyl (C=O) groups is 1. The molecule has 1 heterocycles. The standard InChI is InChI=1S/C23H36N4OS2/c1-27(2)19-11-8-18(9-12-19)16-25-22(29)20(13-10-17-6-4-3-5-7-17)26-21(28)23-24-14-15-30-23/h8-9,11-12,17,20,23-24H,3-7,10,13-16H2,1-2H3,(H,25,29)(H,26,28)/t20-,23+/m1/s1. The molecule has 1 aliphatic carbocycles. The Bertz CT molecular complexity index is 683. The molecule has 2 aliphatic rings. The van der Waals surface area contributed by atoms with Crippen LogP contribution in [0.5, 0.6) is 0 Å². The van der Waals surface area contributed by atoms with E-state index in [1.54, 1.807) is 11.8 Å². The molecule has 3 rings (SSSR count). The Morgan fingerprint density at radius 3 is 2.60 bits per heavy atom. The lowest BCUT2D eigenvalue weighted by Gasteiger charge is -2.26. The Hall–Kier alpha value is -1.31. The lowest BCUT2D eigenvalue weighted by Crippen LogP contribution is -2.50. The molecule has 1 saturated heterocycles. The van der Waals surface area contributed by atoms with E-state index in [0.29, 0.717) is 6.54 Å². The lowest BCUT2D eigenvalue weighted by atomic mass is 9.85. The van der Waals surface area contributed by atoms with Gasteiger partial charge >= 0.3 is 0 Å². The van der Waals surface area contributed by atoms with Gasteiger partial charge < -0.3 is 15.5 Å². The number of rotatable bonds is 9. The number of nitrogens with one attached hydrogen (secondary N) is 3. The van der Waals surface area contributed by atoms with Crippen molar-refractivity contribution >= 4 is 40.6 Å². The van der Waals surface area contributed by atoms with Crippen LogP contribution in [-0.4, -0.2) is 48.7 Å². The number of hydrogen-bond donors (Lipinski definition) is 3. The summed E-state index contributed by atoms with van der Waals surface area (Å²) in [6.07, 6.45) is 8.74. The van der Waals surface area contributed by atoms with Crippen LogP contribution in [0.15, 0.2) is 24.3 Å². The van der Waals surface area contributed by atoms with Crippen molar-refractivity contribution in [3.05, 3.63) is 29.8 Å². The van der Waals surface area contributed by atoms with Gasteiger partial charge in [-0.2, -0.15) is 0 Å². The maximum Gasteiger partial charge on any atom is 0.248 e. The van der Waals surface area contributed by atoms with E-state index >= 15 is 0 Å². The molecule has 0 aromatic heterocycles. The van der Waals surface area contributed by atoms with Crippen molar-refractivity contribution in [3.63, 3.8) is 0 Å². The highest BCUT2D eigenvalue weighted by Gasteiger charge is 2.27. The molecular formula is C23H36N4OS2. The van der Waals surface area contributed by atoms with Gasteiger partial charge in [0.2, 0.25) is 5.91 Å². The first-order valence-corrected chi connectivity index (χ1v) is 12.7. The van der Waals surface area contributed by atoms with Crippen molar-refractivity contribution in [1.82, 2.24) is 16.0 Å². The van der Waals surface area contributed by atoms with Gasteiger partial charge in [0.05, 0.1) is 11.0 Å². The number of nitrogens with zero attached hydrogens (tertiary/aromatic N) is 1. The lowest BCUT2D eigenvalue weighted by molar-refractivity contribution is -0.121. The Balaban J connectivity index is 1.55. The molecule has 0 radical (unpaired) electrons. The van der Waals surface area contributed by atoms with E-state index < -0.39 is 0 Å². The predicted molar refractivity (Wildman–Crippen MR) is 132 cm³/mol. The molecule has 2 fully saturated rings. The molecule has 0 unspecified atom stereocenters. The van der Waals surface area contributed by atoms with E-state index in [4.69, 9.17) is 12.2 Å². The Labute approximate surface area is 191 Å². The Morgan fingerprint density at radius 2 is 1.97 bits per heavy atom. The van der Waals surface area contributed by atoms with Crippen LogP contribution in [0.4, 0.5) is 5.69 Å². The maximum atomic E-state index is 12.7. The predicted octanol–water partition coefficient (Wildman–Crippen LogP) is 3.68. The summed E-state index contributed by atoms with van der Waals surface area (Å²) < 4.78 is 0. The molecule has 1 amide bonds. The fourth-order valence-corrected chi connectivity index (χ4v) is 5.39. The van der Waals surface area contributed by atoms with Crippen LogP contribution in [0.2, 0.25) is 0 Å². The second kappa shape index (κ2) is 11.9. The van der Waals surface area contributed by atoms with E-state index in [-0.39, 0.29) is 17.3 Å². The average molecular weight is 449 g/mol. The Kier molecular flexibility index (Phi) is 9.27. The van der Waals surface area contributed by atoms with Crippen LogP contribution in [0.25, 0.3) is 0 Å². The van der Waals surface area contributed by atoms with Crippen LogP contribution < -0.4 is 20.9 Å². The van der Waals surface area contributed by atoms with Crippen molar-refractivity contribution < 1.29 is 4.79 Å². The highest BCUT2D eigenvalue weighted by molar-refractivity contribution is 8.00. The zero-order valence-corrected chi connectivity index (χ0v) is 19.9. The largest absolute Gasteiger partial charge is 0.378 e. The minimum absolute atomic E-state index is 0.0608. The SMILES string of the molecule is CN(C)c1ccc(CNC(=S)[C@@H](CCC2CCCCC2)NC(=O)[C@H]2NCCS2)cc1. The molecular weight excluding hydrogens is 412 g/mol. The van der Waals surface area contributed by atoms with Crippen LogP contribution in [0.3, 0.4) is 0 Å². The molecule has 0 bridgehead atoms. The maximum absolute atomic E-state index is 12.7. The topological polar surface area (TPSA) is 56.4 Å². The third kappa shape index (κ3) is 7.13. The molecule has 5 nitrogen and oxygen atoms in total. The molecule has 1 saturated carbocycles. The van der Waals surface area contributed by atoms with Gasteiger partial charge in [-0.1, -0.05) is 56.5 Å². The van der Waals surface area contributed by atoms with Crippen LogP contribution >= 0.6 is 24.0 Å².